The summed E-state index contributed by atoms with van der Waals surface area (Å²) in [4.78, 5) is 12.2. The first-order valence-electron chi connectivity index (χ1n) is 7.94. The standard InChI is InChI=1S/C20H17BrN4O/c21-15-11-12-18(22)17(13-15)19(14-7-3-1-4-8-14)24-25-20(26)23-16-9-5-2-6-10-16/h1-13H,22H2,(H2,23,25,26)/b24-19-. The van der Waals surface area contributed by atoms with Crippen LogP contribution in [0, 0.1) is 0 Å². The van der Waals surface area contributed by atoms with E-state index in [1.807, 2.05) is 60.7 Å². The maximum Gasteiger partial charge on any atom is 0.339 e. The monoisotopic (exact) mass is 408 g/mol. The summed E-state index contributed by atoms with van der Waals surface area (Å²) in [5, 5.41) is 7.04. The van der Waals surface area contributed by atoms with E-state index in [2.05, 4.69) is 31.8 Å². The van der Waals surface area contributed by atoms with Gasteiger partial charge in [0.25, 0.3) is 0 Å². The Morgan fingerprint density at radius 3 is 2.27 bits per heavy atom. The smallest absolute Gasteiger partial charge is 0.339 e. The summed E-state index contributed by atoms with van der Waals surface area (Å²) in [5.74, 6) is 0. The maximum absolute atomic E-state index is 12.2. The van der Waals surface area contributed by atoms with Crippen LogP contribution in [0.4, 0.5) is 16.2 Å². The Morgan fingerprint density at radius 1 is 0.923 bits per heavy atom. The summed E-state index contributed by atoms with van der Waals surface area (Å²) in [5.41, 5.74) is 12.1. The lowest BCUT2D eigenvalue weighted by molar-refractivity contribution is 0.252. The van der Waals surface area contributed by atoms with Gasteiger partial charge in [0.05, 0.1) is 0 Å². The molecular weight excluding hydrogens is 392 g/mol. The lowest BCUT2D eigenvalue weighted by atomic mass is 10.0. The Balaban J connectivity index is 1.89. The van der Waals surface area contributed by atoms with Crippen molar-refractivity contribution in [3.8, 4) is 0 Å². The van der Waals surface area contributed by atoms with Crippen LogP contribution < -0.4 is 16.5 Å². The largest absolute Gasteiger partial charge is 0.398 e. The van der Waals surface area contributed by atoms with Gasteiger partial charge in [-0.3, -0.25) is 0 Å². The number of carbonyl (C=O) groups is 1. The van der Waals surface area contributed by atoms with Gasteiger partial charge in [-0.25, -0.2) is 10.2 Å². The second-order valence-corrected chi connectivity index (χ2v) is 6.41. The highest BCUT2D eigenvalue weighted by Crippen LogP contribution is 2.22. The number of nitrogens with two attached hydrogens (primary N) is 1. The zero-order valence-corrected chi connectivity index (χ0v) is 15.4. The van der Waals surface area contributed by atoms with Crippen molar-refractivity contribution >= 4 is 39.0 Å². The third-order valence-corrected chi connectivity index (χ3v) is 4.11. The van der Waals surface area contributed by atoms with E-state index in [1.165, 1.54) is 0 Å². The molecule has 130 valence electrons. The van der Waals surface area contributed by atoms with Crippen molar-refractivity contribution in [2.75, 3.05) is 11.1 Å². The Labute approximate surface area is 160 Å². The average molecular weight is 409 g/mol. The van der Waals surface area contributed by atoms with E-state index >= 15 is 0 Å². The molecule has 0 aliphatic carbocycles. The van der Waals surface area contributed by atoms with Crippen LogP contribution >= 0.6 is 15.9 Å². The molecule has 0 heterocycles. The lowest BCUT2D eigenvalue weighted by Gasteiger charge is -2.11. The molecule has 3 rings (SSSR count). The highest BCUT2D eigenvalue weighted by atomic mass is 79.9. The number of rotatable bonds is 4. The summed E-state index contributed by atoms with van der Waals surface area (Å²) >= 11 is 3.45. The van der Waals surface area contributed by atoms with Crippen LogP contribution in [0.3, 0.4) is 0 Å². The summed E-state index contributed by atoms with van der Waals surface area (Å²) < 4.78 is 0.874. The molecular formula is C20H17BrN4O. The molecule has 0 bridgehead atoms. The number of anilines is 2. The predicted molar refractivity (Wildman–Crippen MR) is 109 cm³/mol. The van der Waals surface area contributed by atoms with Crippen LogP contribution in [0.25, 0.3) is 0 Å². The molecule has 4 N–H and O–H groups in total. The van der Waals surface area contributed by atoms with Crippen LogP contribution in [-0.2, 0) is 0 Å². The van der Waals surface area contributed by atoms with Gasteiger partial charge in [0.2, 0.25) is 0 Å². The molecule has 0 fully saturated rings. The van der Waals surface area contributed by atoms with E-state index in [1.54, 1.807) is 18.2 Å². The quantitative estimate of drug-likeness (QED) is 0.334. The normalized spacial score (nSPS) is 11.0. The van der Waals surface area contributed by atoms with Gasteiger partial charge in [-0.2, -0.15) is 5.10 Å². The van der Waals surface area contributed by atoms with Gasteiger partial charge in [-0.15, -0.1) is 0 Å². The minimum absolute atomic E-state index is 0.432. The van der Waals surface area contributed by atoms with Crippen molar-refractivity contribution in [3.05, 3.63) is 94.5 Å². The molecule has 2 amide bonds. The zero-order chi connectivity index (χ0) is 18.4. The van der Waals surface area contributed by atoms with Crippen molar-refractivity contribution in [2.45, 2.75) is 0 Å². The van der Waals surface area contributed by atoms with E-state index in [-0.39, 0.29) is 0 Å². The Morgan fingerprint density at radius 2 is 1.58 bits per heavy atom. The third-order valence-electron chi connectivity index (χ3n) is 3.62. The maximum atomic E-state index is 12.2. The molecule has 0 aliphatic heterocycles. The number of nitrogens with zero attached hydrogens (tertiary/aromatic N) is 1. The van der Waals surface area contributed by atoms with Gasteiger partial charge in [-0.05, 0) is 30.3 Å². The summed E-state index contributed by atoms with van der Waals surface area (Å²) in [6.07, 6.45) is 0. The molecule has 3 aromatic carbocycles. The number of para-hydroxylation sites is 1. The number of urea groups is 1. The van der Waals surface area contributed by atoms with E-state index in [4.69, 9.17) is 5.73 Å². The van der Waals surface area contributed by atoms with Gasteiger partial charge in [0.1, 0.15) is 5.71 Å². The first-order chi connectivity index (χ1) is 12.6. The summed E-state index contributed by atoms with van der Waals surface area (Å²) in [6, 6.07) is 23.8. The number of hydrazone groups is 1. The lowest BCUT2D eigenvalue weighted by Crippen LogP contribution is -2.26. The van der Waals surface area contributed by atoms with Crippen LogP contribution in [0.15, 0.2) is 88.4 Å². The van der Waals surface area contributed by atoms with Gasteiger partial charge < -0.3 is 11.1 Å². The molecule has 6 heteroatoms. The first kappa shape index (κ1) is 17.7. The van der Waals surface area contributed by atoms with E-state index in [9.17, 15) is 4.79 Å². The number of amides is 2. The molecule has 0 aliphatic rings. The minimum atomic E-state index is -0.432. The van der Waals surface area contributed by atoms with Crippen molar-refractivity contribution in [2.24, 2.45) is 5.10 Å². The number of halogens is 1. The van der Waals surface area contributed by atoms with Crippen LogP contribution in [0.2, 0.25) is 0 Å². The highest BCUT2D eigenvalue weighted by molar-refractivity contribution is 9.10. The number of hydrogen-bond donors (Lipinski definition) is 3. The topological polar surface area (TPSA) is 79.5 Å². The van der Waals surface area contributed by atoms with Crippen molar-refractivity contribution in [1.82, 2.24) is 5.43 Å². The number of carbonyl (C=O) groups excluding carboxylic acids is 1. The molecule has 0 unspecified atom stereocenters. The Hall–Kier alpha value is -3.12. The minimum Gasteiger partial charge on any atom is -0.398 e. The molecule has 5 nitrogen and oxygen atoms in total. The summed E-state index contributed by atoms with van der Waals surface area (Å²) in [6.45, 7) is 0. The average Bonchev–Trinajstić information content (AvgIpc) is 2.66. The zero-order valence-electron chi connectivity index (χ0n) is 13.8. The van der Waals surface area contributed by atoms with E-state index in [0.717, 1.165) is 15.6 Å². The SMILES string of the molecule is Nc1ccc(Br)cc1/C(=N\NC(=O)Nc1ccccc1)c1ccccc1. The predicted octanol–water partition coefficient (Wildman–Crippen LogP) is 4.61. The van der Waals surface area contributed by atoms with Crippen molar-refractivity contribution in [1.29, 1.82) is 0 Å². The van der Waals surface area contributed by atoms with Crippen LogP contribution in [0.5, 0.6) is 0 Å². The molecule has 0 aromatic heterocycles. The molecule has 0 saturated heterocycles. The van der Waals surface area contributed by atoms with Crippen molar-refractivity contribution < 1.29 is 4.79 Å². The number of nitrogens with one attached hydrogen (secondary N) is 2. The second-order valence-electron chi connectivity index (χ2n) is 5.49. The molecule has 0 atom stereocenters. The van der Waals surface area contributed by atoms with E-state index in [0.29, 0.717) is 17.1 Å². The van der Waals surface area contributed by atoms with E-state index < -0.39 is 6.03 Å². The van der Waals surface area contributed by atoms with Crippen molar-refractivity contribution in [3.63, 3.8) is 0 Å². The number of benzene rings is 3. The van der Waals surface area contributed by atoms with Gasteiger partial charge in [0, 0.05) is 27.0 Å². The second kappa shape index (κ2) is 8.31. The van der Waals surface area contributed by atoms with Crippen LogP contribution in [-0.4, -0.2) is 11.7 Å². The third kappa shape index (κ3) is 4.49. The van der Waals surface area contributed by atoms with Gasteiger partial charge >= 0.3 is 6.03 Å². The fourth-order valence-electron chi connectivity index (χ4n) is 2.40. The molecule has 0 saturated carbocycles. The van der Waals surface area contributed by atoms with Gasteiger partial charge in [0.15, 0.2) is 0 Å². The Kier molecular flexibility index (Phi) is 5.66. The molecule has 26 heavy (non-hydrogen) atoms. The fourth-order valence-corrected chi connectivity index (χ4v) is 2.76. The molecule has 3 aromatic rings. The first-order valence-corrected chi connectivity index (χ1v) is 8.73. The fraction of sp³-hybridized carbons (Fsp3) is 0. The Bertz CT molecular complexity index is 927. The van der Waals surface area contributed by atoms with Gasteiger partial charge in [-0.1, -0.05) is 64.5 Å². The summed E-state index contributed by atoms with van der Waals surface area (Å²) in [7, 11) is 0. The number of hydrogen-bond acceptors (Lipinski definition) is 3. The molecule has 0 spiro atoms. The molecule has 0 radical (unpaired) electrons. The number of nitrogen functional groups attached to an aromatic ring is 1. The highest BCUT2D eigenvalue weighted by Gasteiger charge is 2.12. The van der Waals surface area contributed by atoms with Crippen LogP contribution in [0.1, 0.15) is 11.1 Å².